The van der Waals surface area contributed by atoms with E-state index in [1.165, 1.54) is 43.8 Å². The normalized spacial score (nSPS) is 9.93. The van der Waals surface area contributed by atoms with Crippen LogP contribution in [0.2, 0.25) is 13.1 Å². The number of benzene rings is 2. The van der Waals surface area contributed by atoms with Gasteiger partial charge in [0.25, 0.3) is 0 Å². The average molecular weight is 464 g/mol. The van der Waals surface area contributed by atoms with E-state index in [0.29, 0.717) is 0 Å². The van der Waals surface area contributed by atoms with Crippen molar-refractivity contribution in [3.05, 3.63) is 82.9 Å². The fraction of sp³-hybridized carbons (Fsp3) is 0.308. The van der Waals surface area contributed by atoms with E-state index in [9.17, 15) is 0 Å². The molecule has 0 fully saturated rings. The molecule has 4 rings (SSSR count). The quantitative estimate of drug-likeness (QED) is 0.211. The first kappa shape index (κ1) is 24.8. The monoisotopic (exact) mass is 462 g/mol. The maximum Gasteiger partial charge on any atom is 2.00 e. The van der Waals surface area contributed by atoms with Gasteiger partial charge in [0, 0.05) is 9.52 Å². The summed E-state index contributed by atoms with van der Waals surface area (Å²) in [7, 11) is 1.08. The predicted octanol–water partition coefficient (Wildman–Crippen LogP) is 7.64. The van der Waals surface area contributed by atoms with Crippen molar-refractivity contribution in [3.8, 4) is 0 Å². The molecule has 0 aromatic heterocycles. The number of aryl methyl sites for hydroxylation is 4. The summed E-state index contributed by atoms with van der Waals surface area (Å²) in [6.45, 7) is 13.0. The molecule has 0 spiro atoms. The first-order valence-electron chi connectivity index (χ1n) is 9.92. The van der Waals surface area contributed by atoms with E-state index in [-0.39, 0.29) is 26.2 Å². The number of hydrogen-bond donors (Lipinski definition) is 0. The van der Waals surface area contributed by atoms with Crippen LogP contribution in [0.5, 0.6) is 0 Å². The van der Waals surface area contributed by atoms with E-state index in [0.717, 1.165) is 22.4 Å². The van der Waals surface area contributed by atoms with Crippen LogP contribution in [-0.2, 0) is 39.0 Å². The van der Waals surface area contributed by atoms with E-state index in [1.54, 1.807) is 0 Å². The van der Waals surface area contributed by atoms with Crippen molar-refractivity contribution in [2.24, 2.45) is 0 Å². The van der Waals surface area contributed by atoms with Gasteiger partial charge in [0.1, 0.15) is 0 Å². The van der Waals surface area contributed by atoms with Gasteiger partial charge in [-0.3, -0.25) is 0 Å². The van der Waals surface area contributed by atoms with Gasteiger partial charge in [0.05, 0.1) is 0 Å². The summed E-state index contributed by atoms with van der Waals surface area (Å²) in [5.41, 5.74) is 5.65. The molecule has 4 aromatic rings. The minimum atomic E-state index is 0. The van der Waals surface area contributed by atoms with Crippen LogP contribution in [-0.4, -0.2) is 9.52 Å². The van der Waals surface area contributed by atoms with Crippen LogP contribution in [0.4, 0.5) is 0 Å². The minimum Gasteiger partial charge on any atom is -0.165 e. The molecule has 28 heavy (non-hydrogen) atoms. The summed E-state index contributed by atoms with van der Waals surface area (Å²) in [6, 6.07) is 22.1. The molecule has 4 aromatic carbocycles. The molecule has 2 radical (unpaired) electrons. The third-order valence-electron chi connectivity index (χ3n) is 4.87. The van der Waals surface area contributed by atoms with Crippen molar-refractivity contribution in [1.82, 2.24) is 0 Å². The summed E-state index contributed by atoms with van der Waals surface area (Å²) < 4.78 is 0. The molecule has 0 bridgehead atoms. The second-order valence-corrected chi connectivity index (χ2v) is 8.09. The van der Waals surface area contributed by atoms with Gasteiger partial charge in [-0.25, -0.2) is 0 Å². The van der Waals surface area contributed by atoms with E-state index < -0.39 is 0 Å². The molecular weight excluding hydrogens is 432 g/mol. The zero-order valence-electron chi connectivity index (χ0n) is 18.2. The summed E-state index contributed by atoms with van der Waals surface area (Å²) in [4.78, 5) is 0. The second kappa shape index (κ2) is 12.3. The first-order chi connectivity index (χ1) is 13.0. The molecule has 0 aliphatic heterocycles. The maximum absolute atomic E-state index is 2.30. The van der Waals surface area contributed by atoms with Crippen molar-refractivity contribution in [2.45, 2.75) is 53.6 Å². The van der Waals surface area contributed by atoms with Crippen molar-refractivity contribution >= 4 is 31.1 Å². The fourth-order valence-corrected chi connectivity index (χ4v) is 3.31. The third kappa shape index (κ3) is 6.39. The van der Waals surface area contributed by atoms with Crippen molar-refractivity contribution in [2.75, 3.05) is 0 Å². The zero-order chi connectivity index (χ0) is 19.8. The molecule has 0 aliphatic carbocycles. The largest absolute Gasteiger partial charge is 2.00 e. The Morgan fingerprint density at radius 1 is 0.714 bits per heavy atom. The molecule has 0 heterocycles. The molecule has 0 unspecified atom stereocenters. The zero-order valence-corrected chi connectivity index (χ0v) is 21.6. The molecular formula is C26H32SiZr. The molecule has 0 saturated carbocycles. The Hall–Kier alpha value is -1.24. The van der Waals surface area contributed by atoms with E-state index in [1.807, 2.05) is 0 Å². The van der Waals surface area contributed by atoms with Gasteiger partial charge in [0.15, 0.2) is 0 Å². The van der Waals surface area contributed by atoms with Gasteiger partial charge >= 0.3 is 26.2 Å². The Morgan fingerprint density at radius 3 is 1.36 bits per heavy atom. The summed E-state index contributed by atoms with van der Waals surface area (Å²) in [6.07, 6.45) is 2.27. The predicted molar refractivity (Wildman–Crippen MR) is 125 cm³/mol. The van der Waals surface area contributed by atoms with Gasteiger partial charge in [-0.1, -0.05) is 50.2 Å². The number of hydrogen-bond acceptors (Lipinski definition) is 0. The van der Waals surface area contributed by atoms with Crippen LogP contribution >= 0.6 is 0 Å². The first-order valence-corrected chi connectivity index (χ1v) is 11.9. The summed E-state index contributed by atoms with van der Waals surface area (Å²) >= 11 is 0. The Morgan fingerprint density at radius 2 is 1.07 bits per heavy atom. The Bertz CT molecular complexity index is 895. The van der Waals surface area contributed by atoms with Gasteiger partial charge in [-0.05, 0) is 26.7 Å². The molecule has 144 valence electrons. The Kier molecular flexibility index (Phi) is 10.9. The molecule has 0 nitrogen and oxygen atoms in total. The van der Waals surface area contributed by atoms with Gasteiger partial charge < -0.3 is 0 Å². The fourth-order valence-electron chi connectivity index (χ4n) is 3.31. The smallest absolute Gasteiger partial charge is 0.165 e. The summed E-state index contributed by atoms with van der Waals surface area (Å²) in [5.74, 6) is 0. The third-order valence-corrected chi connectivity index (χ3v) is 4.87. The Labute approximate surface area is 193 Å². The van der Waals surface area contributed by atoms with Crippen LogP contribution < -0.4 is 0 Å². The van der Waals surface area contributed by atoms with Crippen LogP contribution in [0, 0.1) is 13.8 Å². The Balaban J connectivity index is 0.000000239. The SMILES string of the molecule is CCc1cc2c(C)cccc2[cH-]1.CCc1cc2c(C)cccc2[cH-]1.C[Si]C.[Zr+2]. The van der Waals surface area contributed by atoms with E-state index >= 15 is 0 Å². The van der Waals surface area contributed by atoms with Crippen molar-refractivity contribution < 1.29 is 26.2 Å². The standard InChI is InChI=1S/2C12H13.C2H6Si.Zr/c2*1-3-10-7-11-6-4-5-9(2)12(11)8-10;1-3-2;/h2*4-8H,3H2,1-2H3;1-2H3;/q2*-1;;+2. The molecule has 0 atom stereocenters. The van der Waals surface area contributed by atoms with Crippen LogP contribution in [0.3, 0.4) is 0 Å². The molecule has 0 amide bonds. The second-order valence-electron chi connectivity index (χ2n) is 7.09. The van der Waals surface area contributed by atoms with Gasteiger partial charge in [-0.15, -0.1) is 69.1 Å². The molecule has 0 N–H and O–H groups in total. The van der Waals surface area contributed by atoms with Crippen LogP contribution in [0.15, 0.2) is 60.7 Å². The number of fused-ring (bicyclic) bond motifs is 2. The maximum atomic E-state index is 2.30. The number of rotatable bonds is 2. The van der Waals surface area contributed by atoms with Crippen molar-refractivity contribution in [1.29, 1.82) is 0 Å². The van der Waals surface area contributed by atoms with Gasteiger partial charge in [0.2, 0.25) is 0 Å². The van der Waals surface area contributed by atoms with Gasteiger partial charge in [-0.2, -0.15) is 12.1 Å². The van der Waals surface area contributed by atoms with Crippen LogP contribution in [0.1, 0.15) is 36.1 Å². The van der Waals surface area contributed by atoms with E-state index in [2.05, 4.69) is 101 Å². The van der Waals surface area contributed by atoms with Crippen molar-refractivity contribution in [3.63, 3.8) is 0 Å². The van der Waals surface area contributed by atoms with E-state index in [4.69, 9.17) is 0 Å². The average Bonchev–Trinajstić information content (AvgIpc) is 3.28. The topological polar surface area (TPSA) is 0 Å². The van der Waals surface area contributed by atoms with Crippen LogP contribution in [0.25, 0.3) is 21.5 Å². The molecule has 0 saturated heterocycles. The molecule has 2 heteroatoms. The minimum absolute atomic E-state index is 0. The summed E-state index contributed by atoms with van der Waals surface area (Å²) in [5, 5.41) is 5.59. The molecule has 0 aliphatic rings.